The molecule has 0 aliphatic heterocycles. The molecule has 0 aliphatic carbocycles. The van der Waals surface area contributed by atoms with Crippen molar-refractivity contribution in [2.24, 2.45) is 0 Å². The quantitative estimate of drug-likeness (QED) is 0.449. The van der Waals surface area contributed by atoms with E-state index in [1.807, 2.05) is 12.1 Å². The van der Waals surface area contributed by atoms with Crippen molar-refractivity contribution in [1.82, 2.24) is 0 Å². The Hall–Kier alpha value is -1.88. The van der Waals surface area contributed by atoms with Crippen LogP contribution in [0.5, 0.6) is 0 Å². The van der Waals surface area contributed by atoms with Gasteiger partial charge in [-0.2, -0.15) is 8.78 Å². The summed E-state index contributed by atoms with van der Waals surface area (Å²) in [4.78, 5) is 12.0. The van der Waals surface area contributed by atoms with Crippen LogP contribution in [0.3, 0.4) is 0 Å². The van der Waals surface area contributed by atoms with Crippen LogP contribution in [-0.4, -0.2) is 18.3 Å². The molecule has 0 radical (unpaired) electrons. The van der Waals surface area contributed by atoms with Crippen LogP contribution in [0.2, 0.25) is 0 Å². The van der Waals surface area contributed by atoms with E-state index in [4.69, 9.17) is 4.74 Å². The Morgan fingerprint density at radius 1 is 1.24 bits per heavy atom. The summed E-state index contributed by atoms with van der Waals surface area (Å²) in [6.45, 7) is 3.67. The third kappa shape index (κ3) is 4.56. The lowest BCUT2D eigenvalue weighted by molar-refractivity contribution is -0.141. The second-order valence-corrected chi connectivity index (χ2v) is 5.43. The fraction of sp³-hybridized carbons (Fsp3) is 0.188. The molecule has 0 atom stereocenters. The van der Waals surface area contributed by atoms with E-state index >= 15 is 0 Å². The van der Waals surface area contributed by atoms with Gasteiger partial charge in [-0.15, -0.1) is 0 Å². The van der Waals surface area contributed by atoms with E-state index in [2.05, 4.69) is 6.58 Å². The van der Waals surface area contributed by atoms with Gasteiger partial charge in [0.05, 0.1) is 6.42 Å². The van der Waals surface area contributed by atoms with E-state index in [0.717, 1.165) is 16.3 Å². The molecule has 2 aromatic carbocycles. The molecule has 0 heterocycles. The lowest BCUT2D eigenvalue weighted by Gasteiger charge is -2.06. The van der Waals surface area contributed by atoms with Crippen LogP contribution in [0.4, 0.5) is 8.78 Å². The number of hydrogen-bond acceptors (Lipinski definition) is 3. The molecule has 0 aromatic heterocycles. The first kappa shape index (κ1) is 15.5. The van der Waals surface area contributed by atoms with Crippen LogP contribution in [-0.2, 0) is 16.0 Å². The van der Waals surface area contributed by atoms with Gasteiger partial charge in [0.1, 0.15) is 6.61 Å². The molecule has 0 saturated carbocycles. The SMILES string of the molecule is C=CCOC(=O)Cc1ccc2cc(SC(F)F)ccc2c1. The van der Waals surface area contributed by atoms with Gasteiger partial charge in [-0.1, -0.05) is 48.7 Å². The second-order valence-electron chi connectivity index (χ2n) is 4.37. The molecular formula is C16H14F2O2S. The number of thioether (sulfide) groups is 1. The van der Waals surface area contributed by atoms with Crippen molar-refractivity contribution in [3.63, 3.8) is 0 Å². The zero-order valence-electron chi connectivity index (χ0n) is 11.2. The number of hydrogen-bond donors (Lipinski definition) is 0. The minimum Gasteiger partial charge on any atom is -0.461 e. The molecule has 21 heavy (non-hydrogen) atoms. The van der Waals surface area contributed by atoms with Crippen molar-refractivity contribution in [2.45, 2.75) is 17.1 Å². The molecule has 0 fully saturated rings. The minimum absolute atomic E-state index is 0.178. The highest BCUT2D eigenvalue weighted by Crippen LogP contribution is 2.28. The number of carbonyl (C=O) groups is 1. The van der Waals surface area contributed by atoms with Crippen molar-refractivity contribution in [1.29, 1.82) is 0 Å². The number of fused-ring (bicyclic) bond motifs is 1. The first-order valence-electron chi connectivity index (χ1n) is 6.32. The number of rotatable bonds is 6. The third-order valence-corrected chi connectivity index (χ3v) is 3.52. The summed E-state index contributed by atoms with van der Waals surface area (Å²) in [5.41, 5.74) is 0.825. The molecule has 0 N–H and O–H groups in total. The first-order chi connectivity index (χ1) is 10.1. The number of halogens is 2. The lowest BCUT2D eigenvalue weighted by Crippen LogP contribution is -2.07. The molecule has 2 aromatic rings. The normalized spacial score (nSPS) is 10.8. The van der Waals surface area contributed by atoms with Crippen molar-refractivity contribution in [2.75, 3.05) is 6.61 Å². The maximum absolute atomic E-state index is 12.3. The highest BCUT2D eigenvalue weighted by molar-refractivity contribution is 7.99. The maximum atomic E-state index is 12.3. The van der Waals surface area contributed by atoms with Crippen molar-refractivity contribution < 1.29 is 18.3 Å². The topological polar surface area (TPSA) is 26.3 Å². The van der Waals surface area contributed by atoms with E-state index in [0.29, 0.717) is 16.7 Å². The average Bonchev–Trinajstić information content (AvgIpc) is 2.44. The van der Waals surface area contributed by atoms with Gasteiger partial charge in [0.2, 0.25) is 0 Å². The number of esters is 1. The fourth-order valence-electron chi connectivity index (χ4n) is 1.93. The van der Waals surface area contributed by atoms with Gasteiger partial charge < -0.3 is 4.74 Å². The Morgan fingerprint density at radius 3 is 2.67 bits per heavy atom. The predicted molar refractivity (Wildman–Crippen MR) is 80.7 cm³/mol. The first-order valence-corrected chi connectivity index (χ1v) is 7.20. The minimum atomic E-state index is -2.43. The van der Waals surface area contributed by atoms with E-state index < -0.39 is 5.76 Å². The monoisotopic (exact) mass is 308 g/mol. The Morgan fingerprint density at radius 2 is 1.95 bits per heavy atom. The zero-order valence-corrected chi connectivity index (χ0v) is 12.0. The van der Waals surface area contributed by atoms with Crippen LogP contribution in [0.25, 0.3) is 10.8 Å². The van der Waals surface area contributed by atoms with Crippen LogP contribution in [0.1, 0.15) is 5.56 Å². The third-order valence-electron chi connectivity index (χ3n) is 2.81. The summed E-state index contributed by atoms with van der Waals surface area (Å²) in [6, 6.07) is 10.6. The molecule has 0 aliphatic rings. The largest absolute Gasteiger partial charge is 0.461 e. The molecule has 0 spiro atoms. The van der Waals surface area contributed by atoms with Crippen LogP contribution >= 0.6 is 11.8 Å². The van der Waals surface area contributed by atoms with E-state index in [9.17, 15) is 13.6 Å². The number of ether oxygens (including phenoxy) is 1. The van der Waals surface area contributed by atoms with Crippen molar-refractivity contribution in [3.05, 3.63) is 54.6 Å². The van der Waals surface area contributed by atoms with Gasteiger partial charge in [0, 0.05) is 4.90 Å². The van der Waals surface area contributed by atoms with Gasteiger partial charge in [0.15, 0.2) is 0 Å². The van der Waals surface area contributed by atoms with E-state index in [1.165, 1.54) is 6.08 Å². The number of carbonyl (C=O) groups excluding carboxylic acids is 1. The number of benzene rings is 2. The fourth-order valence-corrected chi connectivity index (χ4v) is 2.48. The van der Waals surface area contributed by atoms with Crippen LogP contribution in [0.15, 0.2) is 53.9 Å². The summed E-state index contributed by atoms with van der Waals surface area (Å²) >= 11 is 0.520. The number of alkyl halides is 2. The average molecular weight is 308 g/mol. The molecule has 0 saturated heterocycles. The summed E-state index contributed by atoms with van der Waals surface area (Å²) < 4.78 is 29.6. The highest BCUT2D eigenvalue weighted by Gasteiger charge is 2.08. The van der Waals surface area contributed by atoms with Gasteiger partial charge >= 0.3 is 5.97 Å². The zero-order chi connectivity index (χ0) is 15.2. The molecule has 0 unspecified atom stereocenters. The van der Waals surface area contributed by atoms with Gasteiger partial charge in [0.25, 0.3) is 5.76 Å². The lowest BCUT2D eigenvalue weighted by atomic mass is 10.1. The molecule has 2 nitrogen and oxygen atoms in total. The standard InChI is InChI=1S/C16H14F2O2S/c1-2-7-20-15(19)9-11-3-4-13-10-14(21-16(17)18)6-5-12(13)8-11/h2-6,8,10,16H,1,7,9H2. The maximum Gasteiger partial charge on any atom is 0.310 e. The van der Waals surface area contributed by atoms with Crippen LogP contribution in [0, 0.1) is 0 Å². The molecule has 110 valence electrons. The summed E-state index contributed by atoms with van der Waals surface area (Å²) in [5, 5.41) is 1.77. The van der Waals surface area contributed by atoms with Crippen molar-refractivity contribution in [3.8, 4) is 0 Å². The molecule has 0 bridgehead atoms. The summed E-state index contributed by atoms with van der Waals surface area (Å²) in [6.07, 6.45) is 1.69. The smallest absolute Gasteiger partial charge is 0.310 e. The second kappa shape index (κ2) is 7.22. The Bertz CT molecular complexity index is 656. The molecule has 0 amide bonds. The molecular weight excluding hydrogens is 294 g/mol. The Kier molecular flexibility index (Phi) is 5.33. The van der Waals surface area contributed by atoms with Gasteiger partial charge in [-0.3, -0.25) is 4.79 Å². The Balaban J connectivity index is 2.14. The Labute approximate surface area is 125 Å². The van der Waals surface area contributed by atoms with Crippen molar-refractivity contribution >= 4 is 28.5 Å². The van der Waals surface area contributed by atoms with Crippen LogP contribution < -0.4 is 0 Å². The summed E-state index contributed by atoms with van der Waals surface area (Å²) in [5.74, 6) is -2.75. The summed E-state index contributed by atoms with van der Waals surface area (Å²) in [7, 11) is 0. The molecule has 2 rings (SSSR count). The molecule has 5 heteroatoms. The van der Waals surface area contributed by atoms with E-state index in [1.54, 1.807) is 24.3 Å². The predicted octanol–water partition coefficient (Wildman–Crippen LogP) is 4.43. The van der Waals surface area contributed by atoms with E-state index in [-0.39, 0.29) is 19.0 Å². The van der Waals surface area contributed by atoms with Gasteiger partial charge in [-0.05, 0) is 28.5 Å². The highest BCUT2D eigenvalue weighted by atomic mass is 32.2. The van der Waals surface area contributed by atoms with Gasteiger partial charge in [-0.25, -0.2) is 0 Å².